The van der Waals surface area contributed by atoms with Crippen LogP contribution in [0.15, 0.2) is 34.1 Å². The number of thiophene rings is 1. The molecule has 0 aliphatic heterocycles. The topological polar surface area (TPSA) is 80.1 Å². The highest BCUT2D eigenvalue weighted by atomic mass is 32.1. The number of primary amides is 1. The van der Waals surface area contributed by atoms with E-state index in [4.69, 9.17) is 15.6 Å². The molecule has 4 nitrogen and oxygen atoms in total. The lowest BCUT2D eigenvalue weighted by Gasteiger charge is -2.01. The number of nitrogens with two attached hydrogens (primary N) is 1. The highest BCUT2D eigenvalue weighted by Crippen LogP contribution is 2.28. The third-order valence-corrected chi connectivity index (χ3v) is 3.51. The summed E-state index contributed by atoms with van der Waals surface area (Å²) in [5.74, 6) is -0.647. The van der Waals surface area contributed by atoms with Crippen LogP contribution in [0.4, 0.5) is 0 Å². The maximum Gasteiger partial charge on any atom is 0.254 e. The van der Waals surface area contributed by atoms with Crippen LogP contribution in [0.3, 0.4) is 0 Å². The summed E-state index contributed by atoms with van der Waals surface area (Å²) in [4.78, 5) is 11.1. The summed E-state index contributed by atoms with van der Waals surface area (Å²) in [6, 6.07) is 7.37. The van der Waals surface area contributed by atoms with Gasteiger partial charge in [-0.2, -0.15) is 0 Å². The Morgan fingerprint density at radius 1 is 1.35 bits per heavy atom. The average Bonchev–Trinajstić information content (AvgIpc) is 2.76. The summed E-state index contributed by atoms with van der Waals surface area (Å²) in [7, 11) is 0. The molecular formula is C12H8N2O2S. The molecule has 0 aliphatic rings. The van der Waals surface area contributed by atoms with Crippen LogP contribution < -0.4 is 11.3 Å². The van der Waals surface area contributed by atoms with Crippen LogP contribution in [0.5, 0.6) is 0 Å². The zero-order chi connectivity index (χ0) is 12.0. The van der Waals surface area contributed by atoms with Gasteiger partial charge in [0.1, 0.15) is 11.1 Å². The highest BCUT2D eigenvalue weighted by molar-refractivity contribution is 7.17. The maximum absolute atomic E-state index is 11.1. The minimum atomic E-state index is -0.647. The van der Waals surface area contributed by atoms with Crippen molar-refractivity contribution in [2.75, 3.05) is 0 Å². The van der Waals surface area contributed by atoms with Gasteiger partial charge in [0, 0.05) is 15.5 Å². The van der Waals surface area contributed by atoms with E-state index in [2.05, 4.69) is 0 Å². The van der Waals surface area contributed by atoms with Gasteiger partial charge in [0.25, 0.3) is 5.91 Å². The summed E-state index contributed by atoms with van der Waals surface area (Å²) in [6.45, 7) is 0. The van der Waals surface area contributed by atoms with E-state index in [1.54, 1.807) is 17.4 Å². The van der Waals surface area contributed by atoms with Crippen molar-refractivity contribution >= 4 is 38.3 Å². The number of nitrogens with one attached hydrogen (secondary N) is 1. The van der Waals surface area contributed by atoms with Crippen molar-refractivity contribution in [1.29, 1.82) is 5.41 Å². The predicted octanol–water partition coefficient (Wildman–Crippen LogP) is 2.23. The molecule has 0 fully saturated rings. The van der Waals surface area contributed by atoms with Gasteiger partial charge in [-0.05, 0) is 29.6 Å². The summed E-state index contributed by atoms with van der Waals surface area (Å²) < 4.78 is 6.49. The molecule has 3 rings (SSSR count). The van der Waals surface area contributed by atoms with Crippen LogP contribution in [0, 0.1) is 5.41 Å². The normalized spacial score (nSPS) is 11.1. The minimum absolute atomic E-state index is 0.104. The Morgan fingerprint density at radius 3 is 2.94 bits per heavy atom. The number of fused-ring (bicyclic) bond motifs is 3. The standard InChI is InChI=1S/C12H8N2O2S/c13-11(15)8-5-6-1-2-9-7(3-4-17-9)10(6)16-12(8)14/h1-5,14H,(H2,13,15). The summed E-state index contributed by atoms with van der Waals surface area (Å²) >= 11 is 1.61. The lowest BCUT2D eigenvalue weighted by atomic mass is 10.1. The van der Waals surface area contributed by atoms with Crippen molar-refractivity contribution in [1.82, 2.24) is 0 Å². The van der Waals surface area contributed by atoms with E-state index >= 15 is 0 Å². The summed E-state index contributed by atoms with van der Waals surface area (Å²) in [5.41, 5.74) is 5.72. The lowest BCUT2D eigenvalue weighted by molar-refractivity contribution is 0.0996. The number of hydrogen-bond donors (Lipinski definition) is 2. The van der Waals surface area contributed by atoms with Gasteiger partial charge in [-0.3, -0.25) is 10.2 Å². The Labute approximate surface area is 99.8 Å². The average molecular weight is 244 g/mol. The molecule has 0 aliphatic carbocycles. The molecule has 0 saturated heterocycles. The van der Waals surface area contributed by atoms with Crippen molar-refractivity contribution in [3.63, 3.8) is 0 Å². The first-order valence-electron chi connectivity index (χ1n) is 4.95. The second kappa shape index (κ2) is 3.43. The summed E-state index contributed by atoms with van der Waals surface area (Å²) in [6.07, 6.45) is 0. The second-order valence-corrected chi connectivity index (χ2v) is 4.62. The molecule has 17 heavy (non-hydrogen) atoms. The molecule has 0 saturated carbocycles. The van der Waals surface area contributed by atoms with E-state index in [1.165, 1.54) is 0 Å². The molecule has 5 heteroatoms. The highest BCUT2D eigenvalue weighted by Gasteiger charge is 2.10. The quantitative estimate of drug-likeness (QED) is 0.688. The van der Waals surface area contributed by atoms with Crippen molar-refractivity contribution < 1.29 is 9.21 Å². The Kier molecular flexibility index (Phi) is 2.02. The first kappa shape index (κ1) is 10.0. The number of amides is 1. The smallest absolute Gasteiger partial charge is 0.254 e. The minimum Gasteiger partial charge on any atom is -0.437 e. The van der Waals surface area contributed by atoms with Crippen LogP contribution in [0.25, 0.3) is 21.1 Å². The van der Waals surface area contributed by atoms with Gasteiger partial charge in [0.15, 0.2) is 0 Å². The number of benzene rings is 1. The van der Waals surface area contributed by atoms with Crippen LogP contribution in [0.2, 0.25) is 0 Å². The Morgan fingerprint density at radius 2 is 2.18 bits per heavy atom. The maximum atomic E-state index is 11.1. The number of carbonyl (C=O) groups excluding carboxylic acids is 1. The van der Waals surface area contributed by atoms with E-state index in [9.17, 15) is 4.79 Å². The first-order chi connectivity index (χ1) is 8.16. The molecule has 0 radical (unpaired) electrons. The van der Waals surface area contributed by atoms with E-state index in [0.29, 0.717) is 5.58 Å². The fourth-order valence-corrected chi connectivity index (χ4v) is 2.61. The Balaban J connectivity index is 2.51. The number of hydrogen-bond acceptors (Lipinski definition) is 4. The fraction of sp³-hybridized carbons (Fsp3) is 0. The molecule has 84 valence electrons. The zero-order valence-corrected chi connectivity index (χ0v) is 9.51. The van der Waals surface area contributed by atoms with Crippen LogP contribution >= 0.6 is 11.3 Å². The third kappa shape index (κ3) is 1.43. The number of rotatable bonds is 1. The predicted molar refractivity (Wildman–Crippen MR) is 66.0 cm³/mol. The van der Waals surface area contributed by atoms with Gasteiger partial charge in [0.05, 0.1) is 0 Å². The fourth-order valence-electron chi connectivity index (χ4n) is 1.82. The largest absolute Gasteiger partial charge is 0.437 e. The van der Waals surface area contributed by atoms with Crippen molar-refractivity contribution in [3.05, 3.63) is 40.8 Å². The van der Waals surface area contributed by atoms with E-state index in [1.807, 2.05) is 23.6 Å². The second-order valence-electron chi connectivity index (χ2n) is 3.67. The van der Waals surface area contributed by atoms with Crippen molar-refractivity contribution in [3.8, 4) is 0 Å². The first-order valence-corrected chi connectivity index (χ1v) is 5.83. The van der Waals surface area contributed by atoms with Gasteiger partial charge in [-0.1, -0.05) is 0 Å². The summed E-state index contributed by atoms with van der Waals surface area (Å²) in [5, 5.41) is 11.3. The molecule has 0 spiro atoms. The monoisotopic (exact) mass is 244 g/mol. The van der Waals surface area contributed by atoms with E-state index in [-0.39, 0.29) is 11.1 Å². The molecular weight excluding hydrogens is 236 g/mol. The molecule has 2 heterocycles. The van der Waals surface area contributed by atoms with Crippen molar-refractivity contribution in [2.24, 2.45) is 5.73 Å². The molecule has 0 atom stereocenters. The Bertz CT molecular complexity index is 801. The molecule has 1 aromatic carbocycles. The van der Waals surface area contributed by atoms with Gasteiger partial charge in [0.2, 0.25) is 5.55 Å². The molecule has 2 aromatic heterocycles. The lowest BCUT2D eigenvalue weighted by Crippen LogP contribution is -2.20. The molecule has 3 aromatic rings. The van der Waals surface area contributed by atoms with Gasteiger partial charge in [-0.25, -0.2) is 0 Å². The van der Waals surface area contributed by atoms with E-state index in [0.717, 1.165) is 15.5 Å². The molecule has 0 unspecified atom stereocenters. The van der Waals surface area contributed by atoms with Crippen LogP contribution in [-0.4, -0.2) is 5.91 Å². The van der Waals surface area contributed by atoms with Gasteiger partial charge in [-0.15, -0.1) is 11.3 Å². The number of carbonyl (C=O) groups is 1. The Hall–Kier alpha value is -2.14. The van der Waals surface area contributed by atoms with Gasteiger partial charge < -0.3 is 10.2 Å². The van der Waals surface area contributed by atoms with Gasteiger partial charge >= 0.3 is 0 Å². The SMILES string of the molecule is N=c1oc2c(ccc3sccc32)cc1C(N)=O. The molecule has 0 bridgehead atoms. The molecule has 3 N–H and O–H groups in total. The van der Waals surface area contributed by atoms with Crippen LogP contribution in [0.1, 0.15) is 10.4 Å². The molecule has 1 amide bonds. The van der Waals surface area contributed by atoms with Crippen molar-refractivity contribution in [2.45, 2.75) is 0 Å². The van der Waals surface area contributed by atoms with Crippen LogP contribution in [-0.2, 0) is 0 Å². The third-order valence-electron chi connectivity index (χ3n) is 2.63. The van der Waals surface area contributed by atoms with E-state index < -0.39 is 5.91 Å². The zero-order valence-electron chi connectivity index (χ0n) is 8.69.